The van der Waals surface area contributed by atoms with E-state index in [0.717, 1.165) is 11.1 Å². The molecule has 0 spiro atoms. The molecular weight excluding hydrogens is 379 g/mol. The Kier molecular flexibility index (Phi) is 4.49. The normalized spacial score (nSPS) is 11.1. The number of hydrogen-bond donors (Lipinski definition) is 1. The van der Waals surface area contributed by atoms with Gasteiger partial charge in [0.15, 0.2) is 0 Å². The van der Waals surface area contributed by atoms with Crippen molar-refractivity contribution >= 4 is 55.6 Å². The molecule has 0 amide bonds. The van der Waals surface area contributed by atoms with E-state index in [4.69, 9.17) is 11.6 Å². The standard InChI is InChI=1S/C14H9Br2ClO/c15-12-7-10(8-13(16)14(12)18)5-4-9-2-1-3-11(17)6-9/h1-8,18H/b5-4+. The van der Waals surface area contributed by atoms with E-state index in [9.17, 15) is 5.11 Å². The minimum absolute atomic E-state index is 0.204. The smallest absolute Gasteiger partial charge is 0.143 e. The van der Waals surface area contributed by atoms with E-state index in [-0.39, 0.29) is 5.75 Å². The molecule has 0 bridgehead atoms. The van der Waals surface area contributed by atoms with Crippen LogP contribution in [-0.2, 0) is 0 Å². The van der Waals surface area contributed by atoms with E-state index in [1.165, 1.54) is 0 Å². The number of halogens is 3. The van der Waals surface area contributed by atoms with Gasteiger partial charge in [0.2, 0.25) is 0 Å². The Bertz CT molecular complexity index is 585. The van der Waals surface area contributed by atoms with Gasteiger partial charge >= 0.3 is 0 Å². The molecule has 2 aromatic rings. The van der Waals surface area contributed by atoms with Crippen LogP contribution in [0, 0.1) is 0 Å². The zero-order chi connectivity index (χ0) is 13.1. The van der Waals surface area contributed by atoms with Gasteiger partial charge in [0.05, 0.1) is 8.95 Å². The Morgan fingerprint density at radius 3 is 2.17 bits per heavy atom. The third kappa shape index (κ3) is 3.37. The van der Waals surface area contributed by atoms with E-state index in [1.54, 1.807) is 0 Å². The van der Waals surface area contributed by atoms with Gasteiger partial charge in [-0.15, -0.1) is 0 Å². The van der Waals surface area contributed by atoms with E-state index in [2.05, 4.69) is 31.9 Å². The first-order valence-corrected chi connectivity index (χ1v) is 7.14. The van der Waals surface area contributed by atoms with Gasteiger partial charge in [-0.1, -0.05) is 35.9 Å². The Hall–Kier alpha value is -0.770. The molecule has 0 fully saturated rings. The Morgan fingerprint density at radius 2 is 1.56 bits per heavy atom. The molecular formula is C14H9Br2ClO. The van der Waals surface area contributed by atoms with E-state index in [1.807, 2.05) is 48.6 Å². The van der Waals surface area contributed by atoms with Gasteiger partial charge in [0, 0.05) is 5.02 Å². The lowest BCUT2D eigenvalue weighted by Gasteiger charge is -2.02. The minimum atomic E-state index is 0.204. The molecule has 0 atom stereocenters. The second kappa shape index (κ2) is 5.91. The summed E-state index contributed by atoms with van der Waals surface area (Å²) < 4.78 is 1.31. The molecule has 0 saturated carbocycles. The molecule has 0 aliphatic heterocycles. The summed E-state index contributed by atoms with van der Waals surface area (Å²) in [7, 11) is 0. The van der Waals surface area contributed by atoms with Gasteiger partial charge in [-0.25, -0.2) is 0 Å². The van der Waals surface area contributed by atoms with Crippen LogP contribution in [0.4, 0.5) is 0 Å². The topological polar surface area (TPSA) is 20.2 Å². The summed E-state index contributed by atoms with van der Waals surface area (Å²) in [6, 6.07) is 11.3. The van der Waals surface area contributed by atoms with Crippen LogP contribution >= 0.6 is 43.5 Å². The highest BCUT2D eigenvalue weighted by atomic mass is 79.9. The largest absolute Gasteiger partial charge is 0.506 e. The summed E-state index contributed by atoms with van der Waals surface area (Å²) in [5.74, 6) is 0.204. The number of phenolic OH excluding ortho intramolecular Hbond substituents is 1. The molecule has 0 aromatic heterocycles. The van der Waals surface area contributed by atoms with Crippen molar-refractivity contribution in [3.63, 3.8) is 0 Å². The average molecular weight is 388 g/mol. The zero-order valence-electron chi connectivity index (χ0n) is 9.20. The van der Waals surface area contributed by atoms with Crippen molar-refractivity contribution < 1.29 is 5.11 Å². The molecule has 2 aromatic carbocycles. The summed E-state index contributed by atoms with van der Waals surface area (Å²) in [5.41, 5.74) is 2.01. The van der Waals surface area contributed by atoms with Crippen LogP contribution in [0.3, 0.4) is 0 Å². The van der Waals surface area contributed by atoms with Crippen molar-refractivity contribution in [1.29, 1.82) is 0 Å². The third-order valence-electron chi connectivity index (χ3n) is 2.36. The summed E-state index contributed by atoms with van der Waals surface area (Å²) in [4.78, 5) is 0. The fourth-order valence-corrected chi connectivity index (χ4v) is 2.90. The lowest BCUT2D eigenvalue weighted by Crippen LogP contribution is -1.77. The van der Waals surface area contributed by atoms with Crippen molar-refractivity contribution in [3.8, 4) is 5.75 Å². The monoisotopic (exact) mass is 386 g/mol. The second-order valence-corrected chi connectivity index (χ2v) is 5.87. The molecule has 1 nitrogen and oxygen atoms in total. The second-order valence-electron chi connectivity index (χ2n) is 3.72. The van der Waals surface area contributed by atoms with Gasteiger partial charge in [-0.3, -0.25) is 0 Å². The maximum Gasteiger partial charge on any atom is 0.143 e. The molecule has 0 saturated heterocycles. The van der Waals surface area contributed by atoms with Gasteiger partial charge in [0.1, 0.15) is 5.75 Å². The van der Waals surface area contributed by atoms with Gasteiger partial charge in [-0.2, -0.15) is 0 Å². The van der Waals surface area contributed by atoms with Gasteiger partial charge < -0.3 is 5.11 Å². The van der Waals surface area contributed by atoms with Crippen molar-refractivity contribution in [2.45, 2.75) is 0 Å². The number of phenols is 1. The molecule has 0 unspecified atom stereocenters. The van der Waals surface area contributed by atoms with Crippen LogP contribution < -0.4 is 0 Å². The molecule has 0 aliphatic carbocycles. The summed E-state index contributed by atoms with van der Waals surface area (Å²) in [6.45, 7) is 0. The first-order valence-electron chi connectivity index (χ1n) is 5.18. The SMILES string of the molecule is Oc1c(Br)cc(/C=C/c2cccc(Cl)c2)cc1Br. The third-order valence-corrected chi connectivity index (χ3v) is 3.80. The van der Waals surface area contributed by atoms with E-state index in [0.29, 0.717) is 14.0 Å². The average Bonchev–Trinajstić information content (AvgIpc) is 2.33. The van der Waals surface area contributed by atoms with Crippen LogP contribution in [0.5, 0.6) is 5.75 Å². The first kappa shape index (κ1) is 13.7. The molecule has 18 heavy (non-hydrogen) atoms. The number of aromatic hydroxyl groups is 1. The summed E-state index contributed by atoms with van der Waals surface area (Å²) >= 11 is 12.5. The quantitative estimate of drug-likeness (QED) is 0.651. The Morgan fingerprint density at radius 1 is 0.944 bits per heavy atom. The van der Waals surface area contributed by atoms with Crippen LogP contribution in [0.15, 0.2) is 45.3 Å². The van der Waals surface area contributed by atoms with Gasteiger partial charge in [-0.05, 0) is 67.3 Å². The molecule has 2 rings (SSSR count). The number of benzene rings is 2. The molecule has 4 heteroatoms. The molecule has 0 aliphatic rings. The Labute approximate surface area is 127 Å². The minimum Gasteiger partial charge on any atom is -0.506 e. The van der Waals surface area contributed by atoms with Crippen molar-refractivity contribution in [1.82, 2.24) is 0 Å². The highest BCUT2D eigenvalue weighted by Crippen LogP contribution is 2.33. The highest BCUT2D eigenvalue weighted by molar-refractivity contribution is 9.11. The lowest BCUT2D eigenvalue weighted by atomic mass is 10.1. The van der Waals surface area contributed by atoms with Crippen molar-refractivity contribution in [2.24, 2.45) is 0 Å². The summed E-state index contributed by atoms with van der Waals surface area (Å²) in [5, 5.41) is 10.3. The Balaban J connectivity index is 2.29. The van der Waals surface area contributed by atoms with Crippen molar-refractivity contribution in [2.75, 3.05) is 0 Å². The first-order chi connectivity index (χ1) is 8.56. The molecule has 92 valence electrons. The van der Waals surface area contributed by atoms with E-state index < -0.39 is 0 Å². The van der Waals surface area contributed by atoms with Gasteiger partial charge in [0.25, 0.3) is 0 Å². The molecule has 0 radical (unpaired) electrons. The van der Waals surface area contributed by atoms with Crippen LogP contribution in [0.2, 0.25) is 5.02 Å². The predicted molar refractivity (Wildman–Crippen MR) is 83.9 cm³/mol. The predicted octanol–water partition coefficient (Wildman–Crippen LogP) is 5.74. The maximum atomic E-state index is 9.62. The van der Waals surface area contributed by atoms with E-state index >= 15 is 0 Å². The lowest BCUT2D eigenvalue weighted by molar-refractivity contribution is 0.468. The van der Waals surface area contributed by atoms with Crippen LogP contribution in [0.1, 0.15) is 11.1 Å². The maximum absolute atomic E-state index is 9.62. The molecule has 0 heterocycles. The summed E-state index contributed by atoms with van der Waals surface area (Å²) in [6.07, 6.45) is 3.93. The van der Waals surface area contributed by atoms with Crippen LogP contribution in [-0.4, -0.2) is 5.11 Å². The number of rotatable bonds is 2. The van der Waals surface area contributed by atoms with Crippen molar-refractivity contribution in [3.05, 3.63) is 61.5 Å². The number of hydrogen-bond acceptors (Lipinski definition) is 1. The zero-order valence-corrected chi connectivity index (χ0v) is 13.1. The fraction of sp³-hybridized carbons (Fsp3) is 0. The fourth-order valence-electron chi connectivity index (χ4n) is 1.48. The highest BCUT2D eigenvalue weighted by Gasteiger charge is 2.03. The van der Waals surface area contributed by atoms with Crippen LogP contribution in [0.25, 0.3) is 12.2 Å². The molecule has 1 N–H and O–H groups in total.